The molecule has 116 valence electrons. The number of rotatable bonds is 7. The number of carbonyl (C=O) groups is 2. The van der Waals surface area contributed by atoms with Gasteiger partial charge in [-0.3, -0.25) is 9.59 Å². The molecule has 1 rings (SSSR count). The summed E-state index contributed by atoms with van der Waals surface area (Å²) in [5, 5.41) is 8.52. The molecule has 0 heterocycles. The van der Waals surface area contributed by atoms with Crippen molar-refractivity contribution < 1.29 is 27.5 Å². The van der Waals surface area contributed by atoms with E-state index in [-0.39, 0.29) is 17.7 Å². The molecule has 0 aliphatic rings. The third-order valence-corrected chi connectivity index (χ3v) is 4.24. The molecule has 7 nitrogen and oxygen atoms in total. The fourth-order valence-electron chi connectivity index (χ4n) is 1.42. The first kappa shape index (κ1) is 17.3. The van der Waals surface area contributed by atoms with E-state index in [1.54, 1.807) is 0 Å². The highest BCUT2D eigenvalue weighted by molar-refractivity contribution is 7.89. The van der Waals surface area contributed by atoms with Crippen LogP contribution in [0.1, 0.15) is 12.8 Å². The van der Waals surface area contributed by atoms with E-state index in [1.807, 2.05) is 4.72 Å². The molecule has 0 spiro atoms. The summed E-state index contributed by atoms with van der Waals surface area (Å²) >= 11 is 5.48. The topological polar surface area (TPSA) is 127 Å². The Balaban J connectivity index is 2.97. The van der Waals surface area contributed by atoms with Gasteiger partial charge < -0.3 is 10.8 Å². The van der Waals surface area contributed by atoms with E-state index in [0.29, 0.717) is 0 Å². The minimum Gasteiger partial charge on any atom is -0.480 e. The van der Waals surface area contributed by atoms with Gasteiger partial charge in [0.15, 0.2) is 0 Å². The zero-order valence-electron chi connectivity index (χ0n) is 10.5. The van der Waals surface area contributed by atoms with Crippen LogP contribution >= 0.6 is 11.6 Å². The average Bonchev–Trinajstić information content (AvgIpc) is 2.37. The second-order valence-electron chi connectivity index (χ2n) is 4.09. The van der Waals surface area contributed by atoms with Crippen LogP contribution in [0.5, 0.6) is 0 Å². The van der Waals surface area contributed by atoms with Crippen molar-refractivity contribution in [1.29, 1.82) is 0 Å². The van der Waals surface area contributed by atoms with Crippen LogP contribution in [0.2, 0.25) is 5.02 Å². The van der Waals surface area contributed by atoms with Crippen LogP contribution < -0.4 is 10.5 Å². The second kappa shape index (κ2) is 6.83. The number of aliphatic carboxylic acids is 1. The maximum atomic E-state index is 13.0. The number of carboxylic acid groups (broad SMARTS) is 1. The normalized spacial score (nSPS) is 12.9. The monoisotopic (exact) mass is 338 g/mol. The molecule has 0 fully saturated rings. The lowest BCUT2D eigenvalue weighted by atomic mass is 10.2. The van der Waals surface area contributed by atoms with Gasteiger partial charge in [0, 0.05) is 6.42 Å². The van der Waals surface area contributed by atoms with Crippen molar-refractivity contribution in [2.75, 3.05) is 0 Å². The van der Waals surface area contributed by atoms with Crippen molar-refractivity contribution >= 4 is 33.5 Å². The number of nitrogens with two attached hydrogens (primary N) is 1. The Bertz CT molecular complexity index is 665. The van der Waals surface area contributed by atoms with Gasteiger partial charge in [0.2, 0.25) is 15.9 Å². The van der Waals surface area contributed by atoms with E-state index < -0.39 is 38.8 Å². The molecule has 4 N–H and O–H groups in total. The molecule has 10 heteroatoms. The van der Waals surface area contributed by atoms with Crippen molar-refractivity contribution in [3.63, 3.8) is 0 Å². The highest BCUT2D eigenvalue weighted by atomic mass is 35.5. The van der Waals surface area contributed by atoms with Gasteiger partial charge >= 0.3 is 5.97 Å². The van der Waals surface area contributed by atoms with Gasteiger partial charge in [-0.1, -0.05) is 11.6 Å². The van der Waals surface area contributed by atoms with Crippen molar-refractivity contribution in [3.05, 3.63) is 29.0 Å². The maximum absolute atomic E-state index is 13.0. The number of hydrogen-bond acceptors (Lipinski definition) is 4. The predicted octanol–water partition coefficient (Wildman–Crippen LogP) is 0.476. The van der Waals surface area contributed by atoms with Crippen LogP contribution in [0.4, 0.5) is 4.39 Å². The predicted molar refractivity (Wildman–Crippen MR) is 71.6 cm³/mol. The molecule has 0 unspecified atom stereocenters. The number of benzene rings is 1. The lowest BCUT2D eigenvalue weighted by Gasteiger charge is -2.14. The number of primary amides is 1. The van der Waals surface area contributed by atoms with E-state index >= 15 is 0 Å². The van der Waals surface area contributed by atoms with Crippen molar-refractivity contribution in [2.45, 2.75) is 23.8 Å². The fraction of sp³-hybridized carbons (Fsp3) is 0.273. The van der Waals surface area contributed by atoms with E-state index in [4.69, 9.17) is 22.4 Å². The summed E-state index contributed by atoms with van der Waals surface area (Å²) in [6, 6.07) is 1.10. The van der Waals surface area contributed by atoms with E-state index in [1.165, 1.54) is 0 Å². The average molecular weight is 339 g/mol. The van der Waals surface area contributed by atoms with Gasteiger partial charge in [0.1, 0.15) is 11.9 Å². The first-order chi connectivity index (χ1) is 9.63. The highest BCUT2D eigenvalue weighted by Gasteiger charge is 2.26. The second-order valence-corrected chi connectivity index (χ2v) is 6.21. The molecule has 0 aromatic heterocycles. The number of halogens is 2. The molecule has 0 saturated carbocycles. The number of carbonyl (C=O) groups excluding carboxylic acids is 1. The molecular weight excluding hydrogens is 327 g/mol. The van der Waals surface area contributed by atoms with Crippen LogP contribution in [0.15, 0.2) is 23.1 Å². The highest BCUT2D eigenvalue weighted by Crippen LogP contribution is 2.19. The smallest absolute Gasteiger partial charge is 0.321 e. The van der Waals surface area contributed by atoms with Gasteiger partial charge in [0.05, 0.1) is 9.92 Å². The number of sulfonamides is 1. The third-order valence-electron chi connectivity index (χ3n) is 2.48. The van der Waals surface area contributed by atoms with Gasteiger partial charge in [0.25, 0.3) is 0 Å². The summed E-state index contributed by atoms with van der Waals surface area (Å²) in [7, 11) is -4.23. The number of hydrogen-bond donors (Lipinski definition) is 3. The molecule has 1 atom stereocenters. The van der Waals surface area contributed by atoms with Crippen LogP contribution in [0.3, 0.4) is 0 Å². The molecule has 21 heavy (non-hydrogen) atoms. The molecule has 0 radical (unpaired) electrons. The molecule has 1 aromatic carbocycles. The number of nitrogens with one attached hydrogen (secondary N) is 1. The Labute approximate surface area is 124 Å². The third kappa shape index (κ3) is 4.96. The zero-order valence-corrected chi connectivity index (χ0v) is 12.1. The standard InChI is InChI=1S/C11H12ClFN2O5S/c12-7-5-6(1-2-8(7)13)21(19,20)15-9(11(17)18)3-4-10(14)16/h1-2,5,9,15H,3-4H2,(H2,14,16)(H,17,18)/t9-/m0/s1. The molecule has 0 bridgehead atoms. The van der Waals surface area contributed by atoms with Crippen LogP contribution in [-0.4, -0.2) is 31.4 Å². The van der Waals surface area contributed by atoms with Gasteiger partial charge in [-0.25, -0.2) is 12.8 Å². The summed E-state index contributed by atoms with van der Waals surface area (Å²) in [4.78, 5) is 21.2. The Hall–Kier alpha value is -1.71. The molecule has 0 aliphatic heterocycles. The Morgan fingerprint density at radius 2 is 2.05 bits per heavy atom. The first-order valence-corrected chi connectivity index (χ1v) is 7.48. The van der Waals surface area contributed by atoms with Crippen LogP contribution in [-0.2, 0) is 19.6 Å². The van der Waals surface area contributed by atoms with Gasteiger partial charge in [-0.05, 0) is 24.6 Å². The number of amides is 1. The minimum absolute atomic E-state index is 0.302. The van der Waals surface area contributed by atoms with Crippen LogP contribution in [0.25, 0.3) is 0 Å². The van der Waals surface area contributed by atoms with Crippen molar-refractivity contribution in [1.82, 2.24) is 4.72 Å². The quantitative estimate of drug-likeness (QED) is 0.666. The molecule has 0 aliphatic carbocycles. The summed E-state index contributed by atoms with van der Waals surface area (Å²) in [6.07, 6.45) is -0.609. The SMILES string of the molecule is NC(=O)CC[C@H](NS(=O)(=O)c1ccc(F)c(Cl)c1)C(=O)O. The lowest BCUT2D eigenvalue weighted by molar-refractivity contribution is -0.139. The summed E-state index contributed by atoms with van der Waals surface area (Å²) < 4.78 is 38.9. The summed E-state index contributed by atoms with van der Waals surface area (Å²) in [5.74, 6) is -3.03. The van der Waals surface area contributed by atoms with E-state index in [9.17, 15) is 22.4 Å². The summed E-state index contributed by atoms with van der Waals surface area (Å²) in [5.41, 5.74) is 4.88. The molecular formula is C11H12ClFN2O5S. The summed E-state index contributed by atoms with van der Waals surface area (Å²) in [6.45, 7) is 0. The maximum Gasteiger partial charge on any atom is 0.321 e. The Morgan fingerprint density at radius 3 is 2.52 bits per heavy atom. The minimum atomic E-state index is -4.23. The zero-order chi connectivity index (χ0) is 16.2. The van der Waals surface area contributed by atoms with Gasteiger partial charge in [-0.15, -0.1) is 0 Å². The fourth-order valence-corrected chi connectivity index (χ4v) is 2.91. The molecule has 0 saturated heterocycles. The Morgan fingerprint density at radius 1 is 1.43 bits per heavy atom. The number of carboxylic acids is 1. The first-order valence-electron chi connectivity index (χ1n) is 5.62. The van der Waals surface area contributed by atoms with Gasteiger partial charge in [-0.2, -0.15) is 4.72 Å². The van der Waals surface area contributed by atoms with Crippen LogP contribution in [0, 0.1) is 5.82 Å². The Kier molecular flexibility index (Phi) is 5.64. The van der Waals surface area contributed by atoms with Crippen molar-refractivity contribution in [3.8, 4) is 0 Å². The largest absolute Gasteiger partial charge is 0.480 e. The lowest BCUT2D eigenvalue weighted by Crippen LogP contribution is -2.41. The van der Waals surface area contributed by atoms with Crippen molar-refractivity contribution in [2.24, 2.45) is 5.73 Å². The molecule has 1 aromatic rings. The molecule has 1 amide bonds. The van der Waals surface area contributed by atoms with E-state index in [2.05, 4.69) is 0 Å². The van der Waals surface area contributed by atoms with E-state index in [0.717, 1.165) is 18.2 Å².